The summed E-state index contributed by atoms with van der Waals surface area (Å²) in [5.74, 6) is -0.0725. The zero-order valence-electron chi connectivity index (χ0n) is 12.3. The highest BCUT2D eigenvalue weighted by atomic mass is 19.4. The number of alkyl halides is 3. The predicted molar refractivity (Wildman–Crippen MR) is 77.2 cm³/mol. The van der Waals surface area contributed by atoms with E-state index in [1.54, 1.807) is 0 Å². The van der Waals surface area contributed by atoms with Crippen LogP contribution in [-0.2, 0) is 6.18 Å². The van der Waals surface area contributed by atoms with Gasteiger partial charge in [0, 0.05) is 25.3 Å². The maximum Gasteiger partial charge on any atom is 0.419 e. The van der Waals surface area contributed by atoms with Crippen molar-refractivity contribution in [2.45, 2.75) is 44.8 Å². The summed E-state index contributed by atoms with van der Waals surface area (Å²) in [7, 11) is 0. The number of halogens is 3. The van der Waals surface area contributed by atoms with Crippen LogP contribution in [0.3, 0.4) is 0 Å². The number of nitrogens with one attached hydrogen (secondary N) is 1. The number of aromatic nitrogens is 1. The number of hydrogen-bond acceptors (Lipinski definition) is 3. The molecule has 1 saturated heterocycles. The van der Waals surface area contributed by atoms with E-state index in [2.05, 4.69) is 22.1 Å². The quantitative estimate of drug-likeness (QED) is 0.839. The second kappa shape index (κ2) is 7.11. The van der Waals surface area contributed by atoms with Gasteiger partial charge < -0.3 is 10.2 Å². The van der Waals surface area contributed by atoms with Gasteiger partial charge in [0.2, 0.25) is 0 Å². The van der Waals surface area contributed by atoms with Crippen LogP contribution in [0, 0.1) is 0 Å². The Kier molecular flexibility index (Phi) is 5.45. The molecule has 1 fully saturated rings. The van der Waals surface area contributed by atoms with Gasteiger partial charge in [-0.1, -0.05) is 6.42 Å². The van der Waals surface area contributed by atoms with Gasteiger partial charge in [-0.3, -0.25) is 0 Å². The summed E-state index contributed by atoms with van der Waals surface area (Å²) in [5.41, 5.74) is -0.698. The number of likely N-dealkylation sites (tertiary alicyclic amines) is 1. The van der Waals surface area contributed by atoms with E-state index >= 15 is 0 Å². The molecule has 0 saturated carbocycles. The highest BCUT2D eigenvalue weighted by Gasteiger charge is 2.33. The van der Waals surface area contributed by atoms with Crippen LogP contribution in [-0.4, -0.2) is 35.6 Å². The van der Waals surface area contributed by atoms with Crippen LogP contribution >= 0.6 is 0 Å². The number of rotatable bonds is 5. The largest absolute Gasteiger partial charge is 0.419 e. The van der Waals surface area contributed by atoms with Crippen molar-refractivity contribution in [3.8, 4) is 0 Å². The van der Waals surface area contributed by atoms with E-state index in [4.69, 9.17) is 0 Å². The first kappa shape index (κ1) is 16.1. The molecule has 2 rings (SSSR count). The van der Waals surface area contributed by atoms with Gasteiger partial charge in [-0.2, -0.15) is 13.2 Å². The third kappa shape index (κ3) is 4.59. The third-order valence-electron chi connectivity index (χ3n) is 3.97. The molecule has 0 radical (unpaired) electrons. The van der Waals surface area contributed by atoms with E-state index in [9.17, 15) is 13.2 Å². The average molecular weight is 301 g/mol. The minimum absolute atomic E-state index is 0.0725. The Morgan fingerprint density at radius 2 is 2.19 bits per heavy atom. The number of pyridine rings is 1. The van der Waals surface area contributed by atoms with Crippen LogP contribution in [0.25, 0.3) is 0 Å². The maximum atomic E-state index is 12.8. The summed E-state index contributed by atoms with van der Waals surface area (Å²) < 4.78 is 38.4. The zero-order valence-corrected chi connectivity index (χ0v) is 12.3. The lowest BCUT2D eigenvalue weighted by Crippen LogP contribution is -2.38. The van der Waals surface area contributed by atoms with Crippen LogP contribution in [0.1, 0.15) is 38.2 Å². The van der Waals surface area contributed by atoms with Crippen LogP contribution in [0.15, 0.2) is 18.3 Å². The second-order valence-corrected chi connectivity index (χ2v) is 5.56. The number of piperidine rings is 1. The summed E-state index contributed by atoms with van der Waals surface area (Å²) >= 11 is 0. The highest BCUT2D eigenvalue weighted by Crippen LogP contribution is 2.33. The zero-order chi connectivity index (χ0) is 15.3. The molecule has 0 aromatic carbocycles. The monoisotopic (exact) mass is 301 g/mol. The van der Waals surface area contributed by atoms with Gasteiger partial charge in [-0.05, 0) is 44.9 Å². The van der Waals surface area contributed by atoms with Gasteiger partial charge >= 0.3 is 6.18 Å². The molecule has 1 aliphatic heterocycles. The Labute approximate surface area is 123 Å². The Morgan fingerprint density at radius 3 is 2.90 bits per heavy atom. The minimum Gasteiger partial charge on any atom is -0.370 e. The summed E-state index contributed by atoms with van der Waals surface area (Å²) in [4.78, 5) is 6.21. The van der Waals surface area contributed by atoms with E-state index in [0.29, 0.717) is 12.6 Å². The minimum atomic E-state index is -4.36. The van der Waals surface area contributed by atoms with Gasteiger partial charge in [0.15, 0.2) is 0 Å². The first-order valence-corrected chi connectivity index (χ1v) is 7.48. The number of nitrogens with zero attached hydrogens (tertiary/aromatic N) is 2. The van der Waals surface area contributed by atoms with Crippen molar-refractivity contribution in [1.82, 2.24) is 9.88 Å². The SMILES string of the molecule is CC1CCCCN1CCCNc1ncccc1C(F)(F)F. The Bertz CT molecular complexity index is 448. The van der Waals surface area contributed by atoms with Gasteiger partial charge in [0.05, 0.1) is 5.56 Å². The fraction of sp³-hybridized carbons (Fsp3) is 0.667. The molecule has 3 nitrogen and oxygen atoms in total. The summed E-state index contributed by atoms with van der Waals surface area (Å²) in [6.45, 7) is 4.73. The number of anilines is 1. The lowest BCUT2D eigenvalue weighted by molar-refractivity contribution is -0.137. The molecule has 0 spiro atoms. The van der Waals surface area contributed by atoms with Crippen molar-refractivity contribution in [1.29, 1.82) is 0 Å². The van der Waals surface area contributed by atoms with E-state index in [1.165, 1.54) is 31.5 Å². The van der Waals surface area contributed by atoms with E-state index in [-0.39, 0.29) is 5.82 Å². The maximum absolute atomic E-state index is 12.8. The first-order chi connectivity index (χ1) is 9.98. The second-order valence-electron chi connectivity index (χ2n) is 5.56. The molecule has 1 aromatic heterocycles. The molecule has 0 aliphatic carbocycles. The molecule has 0 bridgehead atoms. The molecule has 1 unspecified atom stereocenters. The van der Waals surface area contributed by atoms with Crippen LogP contribution in [0.2, 0.25) is 0 Å². The average Bonchev–Trinajstić information content (AvgIpc) is 2.45. The van der Waals surface area contributed by atoms with Crippen molar-refractivity contribution >= 4 is 5.82 Å². The molecule has 1 aromatic rings. The molecule has 0 amide bonds. The smallest absolute Gasteiger partial charge is 0.370 e. The molecular weight excluding hydrogens is 279 g/mol. The van der Waals surface area contributed by atoms with Gasteiger partial charge in [0.25, 0.3) is 0 Å². The third-order valence-corrected chi connectivity index (χ3v) is 3.97. The fourth-order valence-electron chi connectivity index (χ4n) is 2.75. The van der Waals surface area contributed by atoms with Gasteiger partial charge in [-0.25, -0.2) is 4.98 Å². The highest BCUT2D eigenvalue weighted by molar-refractivity contribution is 5.45. The molecular formula is C15H22F3N3. The van der Waals surface area contributed by atoms with Crippen molar-refractivity contribution < 1.29 is 13.2 Å². The molecule has 1 aliphatic rings. The van der Waals surface area contributed by atoms with Crippen LogP contribution in [0.4, 0.5) is 19.0 Å². The Balaban J connectivity index is 1.81. The predicted octanol–water partition coefficient (Wildman–Crippen LogP) is 3.78. The molecule has 1 atom stereocenters. The van der Waals surface area contributed by atoms with Gasteiger partial charge in [-0.15, -0.1) is 0 Å². The molecule has 2 heterocycles. The summed E-state index contributed by atoms with van der Waals surface area (Å²) in [6.07, 6.45) is 1.54. The van der Waals surface area contributed by atoms with E-state index in [1.807, 2.05) is 0 Å². The lowest BCUT2D eigenvalue weighted by atomic mass is 10.0. The van der Waals surface area contributed by atoms with Crippen molar-refractivity contribution in [3.63, 3.8) is 0 Å². The molecule has 118 valence electrons. The molecule has 6 heteroatoms. The lowest BCUT2D eigenvalue weighted by Gasteiger charge is -2.33. The summed E-state index contributed by atoms with van der Waals surface area (Å²) in [5, 5.41) is 2.82. The summed E-state index contributed by atoms with van der Waals surface area (Å²) in [6, 6.07) is 2.95. The van der Waals surface area contributed by atoms with Crippen molar-refractivity contribution in [2.24, 2.45) is 0 Å². The van der Waals surface area contributed by atoms with Crippen LogP contribution < -0.4 is 5.32 Å². The van der Waals surface area contributed by atoms with E-state index in [0.717, 1.165) is 25.6 Å². The van der Waals surface area contributed by atoms with E-state index < -0.39 is 11.7 Å². The molecule has 1 N–H and O–H groups in total. The normalized spacial score (nSPS) is 20.5. The van der Waals surface area contributed by atoms with Gasteiger partial charge in [0.1, 0.15) is 5.82 Å². The van der Waals surface area contributed by atoms with Crippen molar-refractivity contribution in [3.05, 3.63) is 23.9 Å². The topological polar surface area (TPSA) is 28.2 Å². The molecule has 21 heavy (non-hydrogen) atoms. The number of hydrogen-bond donors (Lipinski definition) is 1. The Hall–Kier alpha value is -1.30. The first-order valence-electron chi connectivity index (χ1n) is 7.48. The van der Waals surface area contributed by atoms with Crippen LogP contribution in [0.5, 0.6) is 0 Å². The Morgan fingerprint density at radius 1 is 1.38 bits per heavy atom. The standard InChI is InChI=1S/C15H22F3N3/c1-12-6-2-3-10-21(12)11-5-9-20-14-13(15(16,17)18)7-4-8-19-14/h4,7-8,12H,2-3,5-6,9-11H2,1H3,(H,19,20). The fourth-order valence-corrected chi connectivity index (χ4v) is 2.75. The van der Waals surface area contributed by atoms with Crippen molar-refractivity contribution in [2.75, 3.05) is 25.0 Å².